The minimum absolute atomic E-state index is 0.182. The molecule has 1 rings (SSSR count). The second-order valence-corrected chi connectivity index (χ2v) is 5.25. The number of hydrogen-bond acceptors (Lipinski definition) is 5. The number of sulfone groups is 1. The van der Waals surface area contributed by atoms with Crippen LogP contribution in [0.1, 0.15) is 11.7 Å². The molecule has 84 valence electrons. The molecule has 0 aromatic heterocycles. The first-order valence-electron chi connectivity index (χ1n) is 4.42. The molecule has 0 heterocycles. The molecule has 5 nitrogen and oxygen atoms in total. The molecular formula is C9H15N3O2S. The van der Waals surface area contributed by atoms with Gasteiger partial charge in [0.15, 0.2) is 9.84 Å². The van der Waals surface area contributed by atoms with E-state index in [0.717, 1.165) is 5.56 Å². The van der Waals surface area contributed by atoms with Gasteiger partial charge >= 0.3 is 0 Å². The van der Waals surface area contributed by atoms with Crippen LogP contribution in [0.5, 0.6) is 0 Å². The lowest BCUT2D eigenvalue weighted by atomic mass is 10.2. The molecule has 0 bridgehead atoms. The molecule has 0 fully saturated rings. The first-order chi connectivity index (χ1) is 6.99. The van der Waals surface area contributed by atoms with Crippen LogP contribution in [0, 0.1) is 0 Å². The second-order valence-electron chi connectivity index (χ2n) is 3.23. The van der Waals surface area contributed by atoms with Crippen molar-refractivity contribution in [1.29, 1.82) is 0 Å². The molecule has 6 heteroatoms. The van der Waals surface area contributed by atoms with Crippen molar-refractivity contribution < 1.29 is 8.42 Å². The first kappa shape index (κ1) is 12.1. The van der Waals surface area contributed by atoms with Crippen LogP contribution in [0.3, 0.4) is 0 Å². The van der Waals surface area contributed by atoms with Crippen LogP contribution in [0.25, 0.3) is 0 Å². The molecule has 0 saturated carbocycles. The van der Waals surface area contributed by atoms with Gasteiger partial charge in [0, 0.05) is 6.26 Å². The Morgan fingerprint density at radius 2 is 1.80 bits per heavy atom. The highest BCUT2D eigenvalue weighted by atomic mass is 32.2. The summed E-state index contributed by atoms with van der Waals surface area (Å²) in [5.41, 5.74) is 3.45. The van der Waals surface area contributed by atoms with Gasteiger partial charge in [0.05, 0.1) is 11.1 Å². The Hall–Kier alpha value is -0.950. The topological polar surface area (TPSA) is 84.2 Å². The third-order valence-electron chi connectivity index (χ3n) is 2.10. The summed E-state index contributed by atoms with van der Waals surface area (Å²) in [5, 5.41) is 2.94. The van der Waals surface area contributed by atoms with E-state index in [9.17, 15) is 8.42 Å². The molecule has 15 heavy (non-hydrogen) atoms. The predicted octanol–water partition coefficient (Wildman–Crippen LogP) is -0.229. The molecule has 0 spiro atoms. The Bertz CT molecular complexity index is 409. The van der Waals surface area contributed by atoms with Crippen LogP contribution in [0.15, 0.2) is 29.2 Å². The van der Waals surface area contributed by atoms with Crippen LogP contribution in [-0.4, -0.2) is 21.7 Å². The van der Waals surface area contributed by atoms with Crippen LogP contribution in [0.2, 0.25) is 0 Å². The fourth-order valence-electron chi connectivity index (χ4n) is 1.25. The normalized spacial score (nSPS) is 13.8. The van der Waals surface area contributed by atoms with E-state index in [4.69, 9.17) is 5.84 Å². The van der Waals surface area contributed by atoms with Crippen molar-refractivity contribution in [2.24, 2.45) is 5.84 Å². The Kier molecular flexibility index (Phi) is 3.81. The Morgan fingerprint density at radius 1 is 1.27 bits per heavy atom. The van der Waals surface area contributed by atoms with E-state index in [1.165, 1.54) is 6.26 Å². The highest BCUT2D eigenvalue weighted by molar-refractivity contribution is 7.90. The molecular weight excluding hydrogens is 214 g/mol. The summed E-state index contributed by atoms with van der Waals surface area (Å²) in [6.45, 7) is 0. The first-order valence-corrected chi connectivity index (χ1v) is 6.31. The number of benzene rings is 1. The van der Waals surface area contributed by atoms with Gasteiger partial charge in [0.25, 0.3) is 0 Å². The van der Waals surface area contributed by atoms with E-state index in [1.54, 1.807) is 31.3 Å². The predicted molar refractivity (Wildman–Crippen MR) is 58.7 cm³/mol. The van der Waals surface area contributed by atoms with E-state index >= 15 is 0 Å². The zero-order chi connectivity index (χ0) is 11.5. The van der Waals surface area contributed by atoms with Crippen LogP contribution < -0.4 is 16.6 Å². The summed E-state index contributed by atoms with van der Waals surface area (Å²) in [6.07, 6.45) is 0.997. The van der Waals surface area contributed by atoms with Crippen molar-refractivity contribution in [3.05, 3.63) is 29.8 Å². The van der Waals surface area contributed by atoms with Gasteiger partial charge in [0.2, 0.25) is 0 Å². The summed E-state index contributed by atoms with van der Waals surface area (Å²) >= 11 is 0. The Labute approximate surface area is 89.6 Å². The quantitative estimate of drug-likeness (QED) is 0.377. The van der Waals surface area contributed by atoms with Crippen LogP contribution >= 0.6 is 0 Å². The molecule has 0 aliphatic rings. The third kappa shape index (κ3) is 3.00. The average molecular weight is 229 g/mol. The minimum atomic E-state index is -3.13. The standard InChI is InChI=1S/C9H15N3O2S/c1-11-9(12-10)7-3-5-8(6-4-7)15(2,13)14/h3-6,9,11-12H,10H2,1-2H3. The van der Waals surface area contributed by atoms with Crippen LogP contribution in [-0.2, 0) is 9.84 Å². The lowest BCUT2D eigenvalue weighted by Crippen LogP contribution is -2.36. The molecule has 1 atom stereocenters. The molecule has 0 aliphatic carbocycles. The van der Waals surface area contributed by atoms with Crippen molar-refractivity contribution in [2.75, 3.05) is 13.3 Å². The molecule has 1 unspecified atom stereocenters. The monoisotopic (exact) mass is 229 g/mol. The molecule has 0 saturated heterocycles. The number of rotatable bonds is 4. The number of hydrogen-bond donors (Lipinski definition) is 3. The van der Waals surface area contributed by atoms with Crippen molar-refractivity contribution >= 4 is 9.84 Å². The molecule has 0 amide bonds. The van der Waals surface area contributed by atoms with E-state index in [-0.39, 0.29) is 6.17 Å². The number of hydrazine groups is 1. The van der Waals surface area contributed by atoms with E-state index in [1.807, 2.05) is 0 Å². The Balaban J connectivity index is 3.00. The zero-order valence-electron chi connectivity index (χ0n) is 8.69. The molecule has 0 aliphatic heterocycles. The van der Waals surface area contributed by atoms with Crippen LogP contribution in [0.4, 0.5) is 0 Å². The maximum absolute atomic E-state index is 11.2. The summed E-state index contributed by atoms with van der Waals surface area (Å²) in [6, 6.07) is 6.56. The van der Waals surface area contributed by atoms with E-state index < -0.39 is 9.84 Å². The smallest absolute Gasteiger partial charge is 0.175 e. The molecule has 0 radical (unpaired) electrons. The summed E-state index contributed by atoms with van der Waals surface area (Å²) in [7, 11) is -1.37. The van der Waals surface area contributed by atoms with Gasteiger partial charge in [-0.1, -0.05) is 12.1 Å². The second kappa shape index (κ2) is 4.71. The maximum atomic E-state index is 11.2. The van der Waals surface area contributed by atoms with Gasteiger partial charge in [0.1, 0.15) is 0 Å². The lowest BCUT2D eigenvalue weighted by Gasteiger charge is -2.15. The van der Waals surface area contributed by atoms with Gasteiger partial charge in [-0.3, -0.25) is 5.84 Å². The number of nitrogens with one attached hydrogen (secondary N) is 2. The molecule has 4 N–H and O–H groups in total. The van der Waals surface area contributed by atoms with Gasteiger partial charge < -0.3 is 5.32 Å². The van der Waals surface area contributed by atoms with Gasteiger partial charge in [-0.05, 0) is 24.7 Å². The SMILES string of the molecule is CNC(NN)c1ccc(S(C)(=O)=O)cc1. The average Bonchev–Trinajstić information content (AvgIpc) is 2.19. The fourth-order valence-corrected chi connectivity index (χ4v) is 1.88. The van der Waals surface area contributed by atoms with Crippen molar-refractivity contribution in [3.63, 3.8) is 0 Å². The molecule has 1 aromatic carbocycles. The van der Waals surface area contributed by atoms with Gasteiger partial charge in [-0.25, -0.2) is 13.8 Å². The highest BCUT2D eigenvalue weighted by Gasteiger charge is 2.09. The zero-order valence-corrected chi connectivity index (χ0v) is 9.51. The summed E-state index contributed by atoms with van der Waals surface area (Å²) in [4.78, 5) is 0.304. The fraction of sp³-hybridized carbons (Fsp3) is 0.333. The highest BCUT2D eigenvalue weighted by Crippen LogP contribution is 2.13. The lowest BCUT2D eigenvalue weighted by molar-refractivity contribution is 0.488. The van der Waals surface area contributed by atoms with Gasteiger partial charge in [-0.15, -0.1) is 0 Å². The summed E-state index contributed by atoms with van der Waals surface area (Å²) < 4.78 is 22.4. The Morgan fingerprint density at radius 3 is 2.13 bits per heavy atom. The third-order valence-corrected chi connectivity index (χ3v) is 3.23. The molecule has 1 aromatic rings. The summed E-state index contributed by atoms with van der Waals surface area (Å²) in [5.74, 6) is 5.31. The van der Waals surface area contributed by atoms with Crippen molar-refractivity contribution in [3.8, 4) is 0 Å². The van der Waals surface area contributed by atoms with Gasteiger partial charge in [-0.2, -0.15) is 0 Å². The van der Waals surface area contributed by atoms with E-state index in [2.05, 4.69) is 10.7 Å². The largest absolute Gasteiger partial charge is 0.300 e. The van der Waals surface area contributed by atoms with Crippen molar-refractivity contribution in [1.82, 2.24) is 10.7 Å². The number of nitrogens with two attached hydrogens (primary N) is 1. The van der Waals surface area contributed by atoms with E-state index in [0.29, 0.717) is 4.90 Å². The minimum Gasteiger partial charge on any atom is -0.300 e. The maximum Gasteiger partial charge on any atom is 0.175 e. The van der Waals surface area contributed by atoms with Crippen molar-refractivity contribution in [2.45, 2.75) is 11.1 Å².